The molecule has 4 aromatic rings. The van der Waals surface area contributed by atoms with Crippen LogP contribution in [-0.4, -0.2) is 22.8 Å². The molecule has 1 N–H and O–H groups in total. The number of aryl methyl sites for hydroxylation is 1. The lowest BCUT2D eigenvalue weighted by molar-refractivity contribution is -0.116. The molecule has 6 nitrogen and oxygen atoms in total. The monoisotopic (exact) mass is 477 g/mol. The largest absolute Gasteiger partial charge is 0.497 e. The predicted octanol–water partition coefficient (Wildman–Crippen LogP) is 6.09. The summed E-state index contributed by atoms with van der Waals surface area (Å²) in [6.07, 6.45) is 0.980. The summed E-state index contributed by atoms with van der Waals surface area (Å²) in [6.45, 7) is 1.95. The molecule has 8 heteroatoms. The van der Waals surface area contributed by atoms with Crippen LogP contribution in [0.15, 0.2) is 72.8 Å². The minimum absolute atomic E-state index is 0.0512. The van der Waals surface area contributed by atoms with E-state index in [4.69, 9.17) is 14.6 Å². The highest BCUT2D eigenvalue weighted by Gasteiger charge is 2.22. The van der Waals surface area contributed by atoms with E-state index in [-0.39, 0.29) is 18.1 Å². The fourth-order valence-corrected chi connectivity index (χ4v) is 3.68. The first-order valence-electron chi connectivity index (χ1n) is 11.2. The van der Waals surface area contributed by atoms with Crippen molar-refractivity contribution in [2.75, 3.05) is 12.4 Å². The number of ether oxygens (including phenoxy) is 2. The number of methoxy groups -OCH3 is 1. The number of rotatable bonds is 9. The van der Waals surface area contributed by atoms with Crippen LogP contribution in [0.2, 0.25) is 0 Å². The maximum atomic E-state index is 14.5. The van der Waals surface area contributed by atoms with E-state index >= 15 is 0 Å². The molecular weight excluding hydrogens is 452 g/mol. The first-order chi connectivity index (χ1) is 17.0. The highest BCUT2D eigenvalue weighted by molar-refractivity contribution is 5.90. The SMILES string of the molecule is CCc1nn(-c2ccc(OC)cc2)c(Oc2ccccc2F)c1CCC(=O)Nc1cccc(F)c1. The van der Waals surface area contributed by atoms with Gasteiger partial charge in [0, 0.05) is 17.7 Å². The van der Waals surface area contributed by atoms with E-state index in [1.165, 1.54) is 30.3 Å². The maximum Gasteiger partial charge on any atom is 0.226 e. The Morgan fingerprint density at radius 1 is 1.03 bits per heavy atom. The van der Waals surface area contributed by atoms with E-state index in [2.05, 4.69) is 5.32 Å². The number of hydrogen-bond acceptors (Lipinski definition) is 4. The van der Waals surface area contributed by atoms with Gasteiger partial charge >= 0.3 is 0 Å². The van der Waals surface area contributed by atoms with Gasteiger partial charge in [-0.25, -0.2) is 13.5 Å². The van der Waals surface area contributed by atoms with Crippen molar-refractivity contribution in [2.45, 2.75) is 26.2 Å². The lowest BCUT2D eigenvalue weighted by Gasteiger charge is -2.12. The van der Waals surface area contributed by atoms with Gasteiger partial charge < -0.3 is 14.8 Å². The third-order valence-electron chi connectivity index (χ3n) is 5.43. The second kappa shape index (κ2) is 10.8. The van der Waals surface area contributed by atoms with Crippen LogP contribution in [-0.2, 0) is 17.6 Å². The van der Waals surface area contributed by atoms with Gasteiger partial charge in [-0.15, -0.1) is 0 Å². The smallest absolute Gasteiger partial charge is 0.226 e. The lowest BCUT2D eigenvalue weighted by atomic mass is 10.1. The highest BCUT2D eigenvalue weighted by Crippen LogP contribution is 2.33. The number of anilines is 1. The van der Waals surface area contributed by atoms with Crippen LogP contribution in [0.1, 0.15) is 24.6 Å². The molecule has 1 aromatic heterocycles. The van der Waals surface area contributed by atoms with E-state index in [1.807, 2.05) is 19.1 Å². The number of nitrogens with zero attached hydrogens (tertiary/aromatic N) is 2. The van der Waals surface area contributed by atoms with Gasteiger partial charge in [-0.2, -0.15) is 5.10 Å². The van der Waals surface area contributed by atoms with Crippen molar-refractivity contribution in [1.29, 1.82) is 0 Å². The zero-order chi connectivity index (χ0) is 24.8. The molecule has 4 rings (SSSR count). The van der Waals surface area contributed by atoms with Crippen molar-refractivity contribution in [3.05, 3.63) is 95.7 Å². The highest BCUT2D eigenvalue weighted by atomic mass is 19.1. The second-order valence-electron chi connectivity index (χ2n) is 7.78. The quantitative estimate of drug-likeness (QED) is 0.317. The number of carbonyl (C=O) groups excluding carboxylic acids is 1. The summed E-state index contributed by atoms with van der Waals surface area (Å²) in [7, 11) is 1.58. The van der Waals surface area contributed by atoms with Gasteiger partial charge in [0.25, 0.3) is 0 Å². The summed E-state index contributed by atoms with van der Waals surface area (Å²) >= 11 is 0. The zero-order valence-corrected chi connectivity index (χ0v) is 19.4. The molecule has 3 aromatic carbocycles. The average molecular weight is 478 g/mol. The number of hydrogen-bond donors (Lipinski definition) is 1. The molecule has 0 unspecified atom stereocenters. The molecule has 180 valence electrons. The molecule has 0 atom stereocenters. The number of carbonyl (C=O) groups is 1. The molecule has 0 radical (unpaired) electrons. The molecule has 0 spiro atoms. The van der Waals surface area contributed by atoms with Crippen molar-refractivity contribution in [2.24, 2.45) is 0 Å². The van der Waals surface area contributed by atoms with Gasteiger partial charge in [0.2, 0.25) is 11.8 Å². The molecule has 1 amide bonds. The minimum atomic E-state index is -0.511. The average Bonchev–Trinajstić information content (AvgIpc) is 3.21. The van der Waals surface area contributed by atoms with Crippen molar-refractivity contribution in [3.63, 3.8) is 0 Å². The zero-order valence-electron chi connectivity index (χ0n) is 19.4. The summed E-state index contributed by atoms with van der Waals surface area (Å²) < 4.78 is 40.8. The Morgan fingerprint density at radius 3 is 2.49 bits per heavy atom. The molecule has 35 heavy (non-hydrogen) atoms. The third kappa shape index (κ3) is 5.66. The minimum Gasteiger partial charge on any atom is -0.497 e. The van der Waals surface area contributed by atoms with Crippen molar-refractivity contribution >= 4 is 11.6 Å². The van der Waals surface area contributed by atoms with Crippen LogP contribution in [0.3, 0.4) is 0 Å². The number of benzene rings is 3. The molecule has 1 heterocycles. The Labute approximate surface area is 202 Å². The van der Waals surface area contributed by atoms with E-state index in [9.17, 15) is 13.6 Å². The van der Waals surface area contributed by atoms with Crippen LogP contribution in [0.4, 0.5) is 14.5 Å². The molecule has 0 aliphatic heterocycles. The van der Waals surface area contributed by atoms with Gasteiger partial charge in [0.15, 0.2) is 11.6 Å². The molecule has 0 aliphatic rings. The van der Waals surface area contributed by atoms with E-state index in [0.717, 1.165) is 5.69 Å². The molecule has 0 bridgehead atoms. The van der Waals surface area contributed by atoms with Gasteiger partial charge in [-0.3, -0.25) is 4.79 Å². The van der Waals surface area contributed by atoms with Crippen LogP contribution < -0.4 is 14.8 Å². The lowest BCUT2D eigenvalue weighted by Crippen LogP contribution is -2.13. The summed E-state index contributed by atoms with van der Waals surface area (Å²) in [5.74, 6) is -0.166. The third-order valence-corrected chi connectivity index (χ3v) is 5.43. The Balaban J connectivity index is 1.66. The van der Waals surface area contributed by atoms with Crippen molar-refractivity contribution < 1.29 is 23.0 Å². The summed E-state index contributed by atoms with van der Waals surface area (Å²) in [4.78, 5) is 12.6. The Kier molecular flexibility index (Phi) is 7.40. The van der Waals surface area contributed by atoms with Crippen LogP contribution in [0, 0.1) is 11.6 Å². The van der Waals surface area contributed by atoms with Gasteiger partial charge in [0.05, 0.1) is 18.5 Å². The summed E-state index contributed by atoms with van der Waals surface area (Å²) in [6, 6.07) is 19.0. The molecule has 0 aliphatic carbocycles. The number of para-hydroxylation sites is 1. The molecule has 0 saturated carbocycles. The topological polar surface area (TPSA) is 65.4 Å². The van der Waals surface area contributed by atoms with Crippen LogP contribution >= 0.6 is 0 Å². The predicted molar refractivity (Wildman–Crippen MR) is 129 cm³/mol. The molecular formula is C27H25F2N3O3. The standard InChI is InChI=1S/C27H25F2N3O3/c1-3-24-22(15-16-26(33)30-19-8-6-7-18(28)17-19)27(35-25-10-5-4-9-23(25)29)32(31-24)20-11-13-21(34-2)14-12-20/h4-14,17H,3,15-16H2,1-2H3,(H,30,33). The van der Waals surface area contributed by atoms with E-state index in [1.54, 1.807) is 42.1 Å². The first kappa shape index (κ1) is 23.9. The molecule has 0 saturated heterocycles. The van der Waals surface area contributed by atoms with E-state index < -0.39 is 11.6 Å². The number of aromatic nitrogens is 2. The number of amides is 1. The maximum absolute atomic E-state index is 14.5. The second-order valence-corrected chi connectivity index (χ2v) is 7.78. The summed E-state index contributed by atoms with van der Waals surface area (Å²) in [5, 5.41) is 7.40. The van der Waals surface area contributed by atoms with Crippen LogP contribution in [0.5, 0.6) is 17.4 Å². The van der Waals surface area contributed by atoms with E-state index in [0.29, 0.717) is 41.4 Å². The van der Waals surface area contributed by atoms with Gasteiger partial charge in [-0.1, -0.05) is 25.1 Å². The van der Waals surface area contributed by atoms with Crippen molar-refractivity contribution in [1.82, 2.24) is 9.78 Å². The van der Waals surface area contributed by atoms with Gasteiger partial charge in [-0.05, 0) is 67.4 Å². The number of halogens is 2. The fourth-order valence-electron chi connectivity index (χ4n) is 3.68. The fraction of sp³-hybridized carbons (Fsp3) is 0.185. The molecule has 0 fully saturated rings. The van der Waals surface area contributed by atoms with Crippen molar-refractivity contribution in [3.8, 4) is 23.1 Å². The Bertz CT molecular complexity index is 1320. The van der Waals surface area contributed by atoms with Crippen LogP contribution in [0.25, 0.3) is 5.69 Å². The first-order valence-corrected chi connectivity index (χ1v) is 11.2. The Morgan fingerprint density at radius 2 is 1.80 bits per heavy atom. The van der Waals surface area contributed by atoms with Gasteiger partial charge in [0.1, 0.15) is 11.6 Å². The Hall–Kier alpha value is -4.20. The number of nitrogens with one attached hydrogen (secondary N) is 1. The normalized spacial score (nSPS) is 10.7. The summed E-state index contributed by atoms with van der Waals surface area (Å²) in [5.41, 5.74) is 2.50.